The lowest BCUT2D eigenvalue weighted by molar-refractivity contribution is -0.0396. The van der Waals surface area contributed by atoms with Crippen LogP contribution in [0.5, 0.6) is 0 Å². The number of nitrogens with one attached hydrogen (secondary N) is 1. The first kappa shape index (κ1) is 14.1. The van der Waals surface area contributed by atoms with Crippen LogP contribution in [0.4, 0.5) is 0 Å². The summed E-state index contributed by atoms with van der Waals surface area (Å²) in [6.07, 6.45) is 5.13. The van der Waals surface area contributed by atoms with Gasteiger partial charge in [0.2, 0.25) is 0 Å². The number of hydrogen-bond donors (Lipinski definition) is 1. The SMILES string of the molecule is CCNC1c2ccccc2CCC1OCC1CCCO1. The predicted molar refractivity (Wildman–Crippen MR) is 79.9 cm³/mol. The molecule has 2 aliphatic rings. The third-order valence-electron chi connectivity index (χ3n) is 4.40. The Morgan fingerprint density at radius 3 is 3.00 bits per heavy atom. The standard InChI is InChI=1S/C17H25NO2/c1-2-18-17-15-8-4-3-6-13(15)9-10-16(17)20-12-14-7-5-11-19-14/h3-4,6,8,14,16-18H,2,5,7,9-12H2,1H3. The van der Waals surface area contributed by atoms with Crippen LogP contribution in [0, 0.1) is 0 Å². The van der Waals surface area contributed by atoms with Crippen molar-refractivity contribution < 1.29 is 9.47 Å². The molecule has 1 aliphatic carbocycles. The van der Waals surface area contributed by atoms with E-state index in [1.165, 1.54) is 17.5 Å². The highest BCUT2D eigenvalue weighted by Gasteiger charge is 2.30. The van der Waals surface area contributed by atoms with Crippen LogP contribution in [0.3, 0.4) is 0 Å². The monoisotopic (exact) mass is 275 g/mol. The molecule has 1 fully saturated rings. The highest BCUT2D eigenvalue weighted by molar-refractivity contribution is 5.33. The fraction of sp³-hybridized carbons (Fsp3) is 0.647. The van der Waals surface area contributed by atoms with Crippen LogP contribution in [0.1, 0.15) is 43.4 Å². The van der Waals surface area contributed by atoms with Crippen LogP contribution in [-0.2, 0) is 15.9 Å². The molecule has 3 unspecified atom stereocenters. The molecule has 1 aliphatic heterocycles. The van der Waals surface area contributed by atoms with Gasteiger partial charge in [-0.15, -0.1) is 0 Å². The van der Waals surface area contributed by atoms with Gasteiger partial charge in [0.25, 0.3) is 0 Å². The lowest BCUT2D eigenvalue weighted by atomic mass is 9.85. The topological polar surface area (TPSA) is 30.5 Å². The number of aryl methyl sites for hydroxylation is 1. The lowest BCUT2D eigenvalue weighted by Crippen LogP contribution is -2.38. The second-order valence-corrected chi connectivity index (χ2v) is 5.78. The third-order valence-corrected chi connectivity index (χ3v) is 4.40. The molecule has 0 bridgehead atoms. The van der Waals surface area contributed by atoms with Crippen molar-refractivity contribution >= 4 is 0 Å². The molecule has 1 N–H and O–H groups in total. The van der Waals surface area contributed by atoms with Crippen LogP contribution in [0.2, 0.25) is 0 Å². The number of ether oxygens (including phenoxy) is 2. The molecule has 0 saturated carbocycles. The van der Waals surface area contributed by atoms with Crippen LogP contribution >= 0.6 is 0 Å². The van der Waals surface area contributed by atoms with Crippen molar-refractivity contribution in [3.63, 3.8) is 0 Å². The minimum atomic E-state index is 0.272. The maximum atomic E-state index is 6.20. The molecule has 0 amide bonds. The molecule has 0 radical (unpaired) electrons. The van der Waals surface area contributed by atoms with Crippen LogP contribution < -0.4 is 5.32 Å². The fourth-order valence-electron chi connectivity index (χ4n) is 3.38. The van der Waals surface area contributed by atoms with Crippen molar-refractivity contribution in [1.82, 2.24) is 5.32 Å². The number of benzene rings is 1. The van der Waals surface area contributed by atoms with Gasteiger partial charge in [-0.3, -0.25) is 0 Å². The van der Waals surface area contributed by atoms with E-state index in [4.69, 9.17) is 9.47 Å². The van der Waals surface area contributed by atoms with E-state index >= 15 is 0 Å². The van der Waals surface area contributed by atoms with Crippen molar-refractivity contribution in [2.45, 2.75) is 50.9 Å². The largest absolute Gasteiger partial charge is 0.376 e. The summed E-state index contributed by atoms with van der Waals surface area (Å²) >= 11 is 0. The summed E-state index contributed by atoms with van der Waals surface area (Å²) < 4.78 is 11.9. The number of fused-ring (bicyclic) bond motifs is 1. The van der Waals surface area contributed by atoms with Crippen LogP contribution in [0.15, 0.2) is 24.3 Å². The first-order chi connectivity index (χ1) is 9.88. The Kier molecular flexibility index (Phi) is 4.71. The Morgan fingerprint density at radius 1 is 1.30 bits per heavy atom. The highest BCUT2D eigenvalue weighted by Crippen LogP contribution is 2.32. The molecule has 20 heavy (non-hydrogen) atoms. The molecule has 0 spiro atoms. The van der Waals surface area contributed by atoms with Crippen molar-refractivity contribution in [2.75, 3.05) is 19.8 Å². The minimum Gasteiger partial charge on any atom is -0.376 e. The van der Waals surface area contributed by atoms with Gasteiger partial charge in [0.15, 0.2) is 0 Å². The normalized spacial score (nSPS) is 29.4. The first-order valence-corrected chi connectivity index (χ1v) is 7.93. The van der Waals surface area contributed by atoms with Crippen molar-refractivity contribution in [2.24, 2.45) is 0 Å². The lowest BCUT2D eigenvalue weighted by Gasteiger charge is -2.34. The molecule has 110 valence electrons. The smallest absolute Gasteiger partial charge is 0.0809 e. The zero-order chi connectivity index (χ0) is 13.8. The van der Waals surface area contributed by atoms with Gasteiger partial charge in [-0.2, -0.15) is 0 Å². The molecule has 1 saturated heterocycles. The molecule has 3 heteroatoms. The molecule has 0 aromatic heterocycles. The summed E-state index contributed by atoms with van der Waals surface area (Å²) in [6, 6.07) is 9.08. The predicted octanol–water partition coefficient (Wildman–Crippen LogP) is 2.85. The molecule has 3 atom stereocenters. The van der Waals surface area contributed by atoms with Gasteiger partial charge in [-0.25, -0.2) is 0 Å². The Labute approximate surface area is 121 Å². The van der Waals surface area contributed by atoms with Gasteiger partial charge >= 0.3 is 0 Å². The highest BCUT2D eigenvalue weighted by atomic mass is 16.5. The van der Waals surface area contributed by atoms with Gasteiger partial charge < -0.3 is 14.8 Å². The van der Waals surface area contributed by atoms with Crippen LogP contribution in [-0.4, -0.2) is 32.0 Å². The molecule has 1 aromatic carbocycles. The van der Waals surface area contributed by atoms with E-state index in [1.807, 2.05) is 0 Å². The van der Waals surface area contributed by atoms with Gasteiger partial charge in [-0.1, -0.05) is 31.2 Å². The van der Waals surface area contributed by atoms with E-state index in [-0.39, 0.29) is 6.10 Å². The maximum Gasteiger partial charge on any atom is 0.0809 e. The van der Waals surface area contributed by atoms with E-state index in [9.17, 15) is 0 Å². The zero-order valence-corrected chi connectivity index (χ0v) is 12.3. The molecule has 1 aromatic rings. The quantitative estimate of drug-likeness (QED) is 0.896. The first-order valence-electron chi connectivity index (χ1n) is 7.93. The molecule has 3 nitrogen and oxygen atoms in total. The van der Waals surface area contributed by atoms with Gasteiger partial charge in [0.05, 0.1) is 24.9 Å². The van der Waals surface area contributed by atoms with Crippen molar-refractivity contribution in [1.29, 1.82) is 0 Å². The van der Waals surface area contributed by atoms with Crippen LogP contribution in [0.25, 0.3) is 0 Å². The second kappa shape index (κ2) is 6.70. The molecular weight excluding hydrogens is 250 g/mol. The summed E-state index contributed by atoms with van der Waals surface area (Å²) in [5.41, 5.74) is 2.88. The molecular formula is C17H25NO2. The zero-order valence-electron chi connectivity index (χ0n) is 12.3. The van der Waals surface area contributed by atoms with E-state index in [0.29, 0.717) is 12.1 Å². The van der Waals surface area contributed by atoms with E-state index < -0.39 is 0 Å². The minimum absolute atomic E-state index is 0.272. The Hall–Kier alpha value is -0.900. The number of hydrogen-bond acceptors (Lipinski definition) is 3. The van der Waals surface area contributed by atoms with E-state index in [1.54, 1.807) is 0 Å². The molecule has 1 heterocycles. The average Bonchev–Trinajstić information content (AvgIpc) is 3.00. The molecule has 3 rings (SSSR count). The summed E-state index contributed by atoms with van der Waals surface area (Å²) in [4.78, 5) is 0. The third kappa shape index (κ3) is 3.05. The van der Waals surface area contributed by atoms with Gasteiger partial charge in [-0.05, 0) is 43.4 Å². The van der Waals surface area contributed by atoms with Crippen molar-refractivity contribution in [3.8, 4) is 0 Å². The van der Waals surface area contributed by atoms with E-state index in [0.717, 1.165) is 39.0 Å². The second-order valence-electron chi connectivity index (χ2n) is 5.78. The Morgan fingerprint density at radius 2 is 2.20 bits per heavy atom. The summed E-state index contributed by atoms with van der Waals surface area (Å²) in [5, 5.41) is 3.60. The van der Waals surface area contributed by atoms with Crippen molar-refractivity contribution in [3.05, 3.63) is 35.4 Å². The van der Waals surface area contributed by atoms with Gasteiger partial charge in [0.1, 0.15) is 0 Å². The number of likely N-dealkylation sites (N-methyl/N-ethyl adjacent to an activating group) is 1. The average molecular weight is 275 g/mol. The number of rotatable bonds is 5. The summed E-state index contributed by atoms with van der Waals surface area (Å²) in [5.74, 6) is 0. The Balaban J connectivity index is 1.67. The fourth-order valence-corrected chi connectivity index (χ4v) is 3.38. The Bertz CT molecular complexity index is 429. The van der Waals surface area contributed by atoms with Gasteiger partial charge in [0, 0.05) is 6.61 Å². The summed E-state index contributed by atoms with van der Waals surface area (Å²) in [6.45, 7) is 4.78. The van der Waals surface area contributed by atoms with E-state index in [2.05, 4.69) is 36.5 Å². The maximum absolute atomic E-state index is 6.20. The summed E-state index contributed by atoms with van der Waals surface area (Å²) in [7, 11) is 0.